The predicted molar refractivity (Wildman–Crippen MR) is 76.8 cm³/mol. The molecule has 0 atom stereocenters. The second kappa shape index (κ2) is 5.80. The summed E-state index contributed by atoms with van der Waals surface area (Å²) in [4.78, 5) is 5.14. The minimum atomic E-state index is -4.67. The van der Waals surface area contributed by atoms with Gasteiger partial charge in [-0.2, -0.15) is 26.3 Å². The van der Waals surface area contributed by atoms with Gasteiger partial charge >= 0.3 is 12.4 Å². The van der Waals surface area contributed by atoms with Crippen LogP contribution in [0.1, 0.15) is 11.3 Å². The van der Waals surface area contributed by atoms with Gasteiger partial charge in [-0.25, -0.2) is 4.98 Å². The van der Waals surface area contributed by atoms with Crippen LogP contribution in [-0.2, 0) is 12.4 Å². The maximum Gasteiger partial charge on any atom is 0.433 e. The number of rotatable bonds is 1. The molecule has 1 N–H and O–H groups in total. The number of nitrogens with zero attached hydrogens (tertiary/aromatic N) is 2. The van der Waals surface area contributed by atoms with Crippen molar-refractivity contribution in [2.24, 2.45) is 0 Å². The zero-order valence-electron chi connectivity index (χ0n) is 12.3. The van der Waals surface area contributed by atoms with Crippen molar-refractivity contribution in [2.45, 2.75) is 12.4 Å². The van der Waals surface area contributed by atoms with E-state index in [4.69, 9.17) is 0 Å². The summed E-state index contributed by atoms with van der Waals surface area (Å²) in [6.45, 7) is 1.91. The fourth-order valence-corrected chi connectivity index (χ4v) is 2.70. The highest BCUT2D eigenvalue weighted by atomic mass is 19.4. The average Bonchev–Trinajstić information content (AvgIpc) is 2.52. The molecule has 2 aromatic rings. The molecule has 3 rings (SSSR count). The van der Waals surface area contributed by atoms with E-state index in [1.54, 1.807) is 4.90 Å². The Morgan fingerprint density at radius 1 is 0.917 bits per heavy atom. The Hall–Kier alpha value is -2.03. The molecule has 0 unspecified atom stereocenters. The van der Waals surface area contributed by atoms with Crippen molar-refractivity contribution < 1.29 is 26.3 Å². The van der Waals surface area contributed by atoms with Crippen molar-refractivity contribution in [1.82, 2.24) is 10.3 Å². The van der Waals surface area contributed by atoms with Gasteiger partial charge in [0, 0.05) is 37.3 Å². The topological polar surface area (TPSA) is 28.2 Å². The number of hydrogen-bond acceptors (Lipinski definition) is 3. The van der Waals surface area contributed by atoms with E-state index < -0.39 is 23.6 Å². The summed E-state index contributed by atoms with van der Waals surface area (Å²) in [6.07, 6.45) is -9.24. The second-order valence-electron chi connectivity index (χ2n) is 5.49. The average molecular weight is 349 g/mol. The van der Waals surface area contributed by atoms with Crippen LogP contribution in [0.2, 0.25) is 0 Å². The molecule has 1 aromatic heterocycles. The van der Waals surface area contributed by atoms with Gasteiger partial charge in [0.2, 0.25) is 0 Å². The number of halogens is 6. The fraction of sp³-hybridized carbons (Fsp3) is 0.400. The van der Waals surface area contributed by atoms with E-state index >= 15 is 0 Å². The van der Waals surface area contributed by atoms with E-state index in [0.29, 0.717) is 26.2 Å². The molecule has 0 radical (unpaired) electrons. The normalized spacial score (nSPS) is 16.7. The lowest BCUT2D eigenvalue weighted by molar-refractivity contribution is -0.141. The summed E-state index contributed by atoms with van der Waals surface area (Å²) in [7, 11) is 0. The SMILES string of the molecule is FC(F)(F)c1ccc2nc(C(F)(F)F)cc(N3CCNCC3)c2c1. The number of alkyl halides is 6. The van der Waals surface area contributed by atoms with Crippen LogP contribution in [0.25, 0.3) is 10.9 Å². The quantitative estimate of drug-likeness (QED) is 0.796. The minimum absolute atomic E-state index is 0.0692. The molecule has 130 valence electrons. The second-order valence-corrected chi connectivity index (χ2v) is 5.49. The Balaban J connectivity index is 2.22. The van der Waals surface area contributed by atoms with Gasteiger partial charge in [-0.15, -0.1) is 0 Å². The molecule has 2 heterocycles. The predicted octanol–water partition coefficient (Wildman–Crippen LogP) is 3.68. The van der Waals surface area contributed by atoms with E-state index in [1.807, 2.05) is 0 Å². The van der Waals surface area contributed by atoms with Crippen LogP contribution in [0.15, 0.2) is 24.3 Å². The van der Waals surface area contributed by atoms with Crippen LogP contribution in [0.5, 0.6) is 0 Å². The molecule has 0 amide bonds. The summed E-state index contributed by atoms with van der Waals surface area (Å²) in [5, 5.41) is 3.12. The van der Waals surface area contributed by atoms with Gasteiger partial charge in [0.15, 0.2) is 0 Å². The summed E-state index contributed by atoms with van der Waals surface area (Å²) in [5.41, 5.74) is -2.00. The van der Waals surface area contributed by atoms with Crippen LogP contribution < -0.4 is 10.2 Å². The first-order valence-corrected chi connectivity index (χ1v) is 7.21. The summed E-state index contributed by atoms with van der Waals surface area (Å²) < 4.78 is 78.0. The van der Waals surface area contributed by atoms with Gasteiger partial charge in [-0.1, -0.05) is 0 Å². The first kappa shape index (κ1) is 16.8. The molecule has 1 saturated heterocycles. The molecule has 0 saturated carbocycles. The lowest BCUT2D eigenvalue weighted by atomic mass is 10.1. The molecular weight excluding hydrogens is 336 g/mol. The van der Waals surface area contributed by atoms with E-state index in [9.17, 15) is 26.3 Å². The molecule has 1 aliphatic rings. The number of nitrogens with one attached hydrogen (secondary N) is 1. The van der Waals surface area contributed by atoms with Gasteiger partial charge < -0.3 is 10.2 Å². The number of piperazine rings is 1. The zero-order chi connectivity index (χ0) is 17.5. The Kier molecular flexibility index (Phi) is 4.06. The number of hydrogen-bond donors (Lipinski definition) is 1. The standard InChI is InChI=1S/C15H13F6N3/c16-14(17,18)9-1-2-11-10(7-9)12(24-5-3-22-4-6-24)8-13(23-11)15(19,20)21/h1-2,7-8,22H,3-6H2. The van der Waals surface area contributed by atoms with Gasteiger partial charge in [-0.05, 0) is 24.3 Å². The largest absolute Gasteiger partial charge is 0.433 e. The lowest BCUT2D eigenvalue weighted by Crippen LogP contribution is -2.43. The molecule has 0 aliphatic carbocycles. The van der Waals surface area contributed by atoms with Crippen molar-refractivity contribution in [3.05, 3.63) is 35.5 Å². The highest BCUT2D eigenvalue weighted by molar-refractivity contribution is 5.92. The van der Waals surface area contributed by atoms with E-state index in [-0.39, 0.29) is 16.6 Å². The van der Waals surface area contributed by atoms with Gasteiger partial charge in [0.25, 0.3) is 0 Å². The highest BCUT2D eigenvalue weighted by Gasteiger charge is 2.35. The number of fused-ring (bicyclic) bond motifs is 1. The van der Waals surface area contributed by atoms with Gasteiger partial charge in [-0.3, -0.25) is 0 Å². The molecule has 0 spiro atoms. The molecule has 1 aromatic carbocycles. The van der Waals surface area contributed by atoms with Gasteiger partial charge in [0.05, 0.1) is 11.1 Å². The third-order valence-electron chi connectivity index (χ3n) is 3.86. The zero-order valence-corrected chi connectivity index (χ0v) is 12.3. The smallest absolute Gasteiger partial charge is 0.368 e. The fourth-order valence-electron chi connectivity index (χ4n) is 2.70. The highest BCUT2D eigenvalue weighted by Crippen LogP contribution is 2.37. The van der Waals surface area contributed by atoms with Crippen molar-refractivity contribution in [1.29, 1.82) is 0 Å². The van der Waals surface area contributed by atoms with Crippen LogP contribution in [0, 0.1) is 0 Å². The van der Waals surface area contributed by atoms with Crippen LogP contribution in [-0.4, -0.2) is 31.2 Å². The van der Waals surface area contributed by atoms with Gasteiger partial charge in [0.1, 0.15) is 5.69 Å². The van der Waals surface area contributed by atoms with Crippen LogP contribution >= 0.6 is 0 Å². The first-order valence-electron chi connectivity index (χ1n) is 7.21. The van der Waals surface area contributed by atoms with Crippen LogP contribution in [0.3, 0.4) is 0 Å². The first-order chi connectivity index (χ1) is 11.2. The van der Waals surface area contributed by atoms with E-state index in [1.165, 1.54) is 0 Å². The van der Waals surface area contributed by atoms with Crippen molar-refractivity contribution >= 4 is 16.6 Å². The number of anilines is 1. The van der Waals surface area contributed by atoms with Crippen molar-refractivity contribution in [3.63, 3.8) is 0 Å². The molecular formula is C15H13F6N3. The molecule has 1 fully saturated rings. The lowest BCUT2D eigenvalue weighted by Gasteiger charge is -2.31. The maximum absolute atomic E-state index is 13.1. The molecule has 0 bridgehead atoms. The van der Waals surface area contributed by atoms with E-state index in [0.717, 1.165) is 24.3 Å². The van der Waals surface area contributed by atoms with Crippen LogP contribution in [0.4, 0.5) is 32.0 Å². The van der Waals surface area contributed by atoms with Crippen molar-refractivity contribution in [3.8, 4) is 0 Å². The number of benzene rings is 1. The Morgan fingerprint density at radius 2 is 1.58 bits per heavy atom. The molecule has 9 heteroatoms. The number of pyridine rings is 1. The summed E-state index contributed by atoms with van der Waals surface area (Å²) >= 11 is 0. The maximum atomic E-state index is 13.1. The van der Waals surface area contributed by atoms with Crippen molar-refractivity contribution in [2.75, 3.05) is 31.1 Å². The third kappa shape index (κ3) is 3.26. The third-order valence-corrected chi connectivity index (χ3v) is 3.86. The number of aromatic nitrogens is 1. The molecule has 3 nitrogen and oxygen atoms in total. The summed E-state index contributed by atoms with van der Waals surface area (Å²) in [5.74, 6) is 0. The molecule has 1 aliphatic heterocycles. The Labute approximate surface area is 133 Å². The summed E-state index contributed by atoms with van der Waals surface area (Å²) in [6, 6.07) is 3.42. The minimum Gasteiger partial charge on any atom is -0.368 e. The Bertz CT molecular complexity index is 747. The Morgan fingerprint density at radius 3 is 2.17 bits per heavy atom. The monoisotopic (exact) mass is 349 g/mol. The van der Waals surface area contributed by atoms with E-state index in [2.05, 4.69) is 10.3 Å². The molecule has 24 heavy (non-hydrogen) atoms.